The molecule has 110 valence electrons. The molecule has 3 nitrogen and oxygen atoms in total. The van der Waals surface area contributed by atoms with Gasteiger partial charge < -0.3 is 9.55 Å². The minimum atomic E-state index is -0.143. The zero-order chi connectivity index (χ0) is 14.7. The molecule has 19 heavy (non-hydrogen) atoms. The molecule has 0 aromatic heterocycles. The van der Waals surface area contributed by atoms with Gasteiger partial charge in [-0.05, 0) is 50.9 Å². The van der Waals surface area contributed by atoms with E-state index in [1.54, 1.807) is 8.05 Å². The van der Waals surface area contributed by atoms with E-state index in [2.05, 4.69) is 34.6 Å². The maximum absolute atomic E-state index is 11.4. The van der Waals surface area contributed by atoms with Gasteiger partial charge in [0.1, 0.15) is 0 Å². The number of carbonyl (C=O) groups is 1. The molecular formula is C15H30BNO2. The molecule has 0 aromatic carbocycles. The molecule has 2 atom stereocenters. The summed E-state index contributed by atoms with van der Waals surface area (Å²) in [5.74, 6) is 0.721. The third kappa shape index (κ3) is 4.52. The lowest BCUT2D eigenvalue weighted by Crippen LogP contribution is -2.47. The van der Waals surface area contributed by atoms with E-state index < -0.39 is 0 Å². The van der Waals surface area contributed by atoms with Crippen LogP contribution in [0, 0.1) is 11.3 Å². The first kappa shape index (κ1) is 16.5. The van der Waals surface area contributed by atoms with Crippen molar-refractivity contribution in [3.63, 3.8) is 0 Å². The summed E-state index contributed by atoms with van der Waals surface area (Å²) < 4.78 is 5.58. The molecular weight excluding hydrogens is 237 g/mol. The van der Waals surface area contributed by atoms with E-state index in [0.717, 1.165) is 38.1 Å². The molecule has 2 unspecified atom stereocenters. The number of amides is 1. The summed E-state index contributed by atoms with van der Waals surface area (Å²) in [5.41, 5.74) is -0.0690. The summed E-state index contributed by atoms with van der Waals surface area (Å²) >= 11 is 0. The van der Waals surface area contributed by atoms with Crippen LogP contribution >= 0.6 is 0 Å². The molecule has 1 aliphatic rings. The van der Waals surface area contributed by atoms with E-state index in [1.165, 1.54) is 6.42 Å². The molecule has 0 aliphatic carbocycles. The highest BCUT2D eigenvalue weighted by Gasteiger charge is 2.39. The van der Waals surface area contributed by atoms with Gasteiger partial charge in [0.25, 0.3) is 8.05 Å². The Labute approximate surface area is 119 Å². The lowest BCUT2D eigenvalue weighted by atomic mass is 9.73. The Hall–Kier alpha value is -0.505. The Morgan fingerprint density at radius 1 is 1.26 bits per heavy atom. The van der Waals surface area contributed by atoms with E-state index in [-0.39, 0.29) is 11.0 Å². The van der Waals surface area contributed by atoms with Crippen LogP contribution in [0.15, 0.2) is 0 Å². The van der Waals surface area contributed by atoms with Crippen molar-refractivity contribution in [3.05, 3.63) is 0 Å². The number of hydrogen-bond acceptors (Lipinski definition) is 2. The highest BCUT2D eigenvalue weighted by atomic mass is 16.4. The molecule has 0 saturated carbocycles. The lowest BCUT2D eigenvalue weighted by molar-refractivity contribution is -0.123. The number of carbonyl (C=O) groups excluding carboxylic acids is 1. The van der Waals surface area contributed by atoms with Crippen LogP contribution < -0.4 is 0 Å². The number of likely N-dealkylation sites (tertiary alicyclic amines) is 1. The van der Waals surface area contributed by atoms with Gasteiger partial charge in [0.2, 0.25) is 6.41 Å². The van der Waals surface area contributed by atoms with Gasteiger partial charge in [-0.25, -0.2) is 0 Å². The minimum absolute atomic E-state index is 0.0739. The summed E-state index contributed by atoms with van der Waals surface area (Å²) in [5, 5.41) is 0. The second-order valence-electron chi connectivity index (χ2n) is 7.46. The summed E-state index contributed by atoms with van der Waals surface area (Å²) in [6, 6.07) is 0.323. The summed E-state index contributed by atoms with van der Waals surface area (Å²) in [7, 11) is 1.77. The molecule has 0 bridgehead atoms. The normalized spacial score (nSPS) is 26.1. The Balaban J connectivity index is 2.86. The molecule has 1 rings (SSSR count). The van der Waals surface area contributed by atoms with Crippen molar-refractivity contribution in [2.75, 3.05) is 6.54 Å². The molecule has 1 fully saturated rings. The monoisotopic (exact) mass is 267 g/mol. The van der Waals surface area contributed by atoms with Gasteiger partial charge in [0.05, 0.1) is 0 Å². The third-order valence-electron chi connectivity index (χ3n) is 4.68. The molecule has 0 N–H and O–H groups in total. The van der Waals surface area contributed by atoms with Crippen molar-refractivity contribution in [1.29, 1.82) is 0 Å². The summed E-state index contributed by atoms with van der Waals surface area (Å²) in [4.78, 5) is 13.4. The van der Waals surface area contributed by atoms with Crippen LogP contribution in [0.25, 0.3) is 0 Å². The minimum Gasteiger partial charge on any atom is -0.439 e. The maximum Gasteiger partial charge on any atom is 0.258 e. The van der Waals surface area contributed by atoms with Gasteiger partial charge in [-0.3, -0.25) is 4.79 Å². The first-order chi connectivity index (χ1) is 8.72. The lowest BCUT2D eigenvalue weighted by Gasteiger charge is -2.43. The fourth-order valence-corrected chi connectivity index (χ4v) is 3.53. The van der Waals surface area contributed by atoms with Crippen molar-refractivity contribution in [3.8, 4) is 0 Å². The molecule has 4 heteroatoms. The van der Waals surface area contributed by atoms with Crippen molar-refractivity contribution in [1.82, 2.24) is 4.90 Å². The first-order valence-electron chi connectivity index (χ1n) is 7.48. The molecule has 1 aliphatic heterocycles. The number of hydrogen-bond donors (Lipinski definition) is 0. The van der Waals surface area contributed by atoms with E-state index in [4.69, 9.17) is 4.65 Å². The van der Waals surface area contributed by atoms with E-state index in [0.29, 0.717) is 6.04 Å². The molecule has 1 amide bonds. The molecule has 0 aromatic rings. The maximum atomic E-state index is 11.4. The first-order valence-corrected chi connectivity index (χ1v) is 7.48. The smallest absolute Gasteiger partial charge is 0.258 e. The highest BCUT2D eigenvalue weighted by molar-refractivity contribution is 5.98. The number of rotatable bonds is 5. The fourth-order valence-electron chi connectivity index (χ4n) is 3.53. The van der Waals surface area contributed by atoms with Gasteiger partial charge in [-0.15, -0.1) is 0 Å². The standard InChI is InChI=1S/C15H30BNO2/c1-12-6-7-13(17(11-18)9-8-12)14(2,3)10-15(4,5)19-16/h11-13H,6-10,16H2,1-5H3. The van der Waals surface area contributed by atoms with Crippen molar-refractivity contribution in [2.45, 2.75) is 71.9 Å². The Morgan fingerprint density at radius 3 is 2.42 bits per heavy atom. The molecule has 1 saturated heterocycles. The van der Waals surface area contributed by atoms with Crippen molar-refractivity contribution >= 4 is 14.5 Å². The largest absolute Gasteiger partial charge is 0.439 e. The van der Waals surface area contributed by atoms with Gasteiger partial charge in [0.15, 0.2) is 0 Å². The second-order valence-corrected chi connectivity index (χ2v) is 7.46. The zero-order valence-corrected chi connectivity index (χ0v) is 13.5. The molecule has 1 heterocycles. The Kier molecular flexibility index (Phi) is 5.48. The van der Waals surface area contributed by atoms with Crippen LogP contribution in [0.2, 0.25) is 0 Å². The predicted molar refractivity (Wildman–Crippen MR) is 81.7 cm³/mol. The highest BCUT2D eigenvalue weighted by Crippen LogP contribution is 2.39. The van der Waals surface area contributed by atoms with E-state index >= 15 is 0 Å². The van der Waals surface area contributed by atoms with Gasteiger partial charge in [0, 0.05) is 18.2 Å². The van der Waals surface area contributed by atoms with Gasteiger partial charge in [-0.2, -0.15) is 0 Å². The summed E-state index contributed by atoms with van der Waals surface area (Å²) in [6.45, 7) is 12.0. The van der Waals surface area contributed by atoms with E-state index in [1.807, 2.05) is 4.90 Å². The topological polar surface area (TPSA) is 29.5 Å². The predicted octanol–water partition coefficient (Wildman–Crippen LogP) is 2.39. The molecule has 0 spiro atoms. The van der Waals surface area contributed by atoms with Crippen LogP contribution in [0.4, 0.5) is 0 Å². The Morgan fingerprint density at radius 2 is 1.89 bits per heavy atom. The molecule has 0 radical (unpaired) electrons. The van der Waals surface area contributed by atoms with Crippen LogP contribution in [-0.4, -0.2) is 37.5 Å². The van der Waals surface area contributed by atoms with Crippen LogP contribution in [0.3, 0.4) is 0 Å². The van der Waals surface area contributed by atoms with Gasteiger partial charge in [-0.1, -0.05) is 20.8 Å². The van der Waals surface area contributed by atoms with E-state index in [9.17, 15) is 4.79 Å². The summed E-state index contributed by atoms with van der Waals surface area (Å²) in [6.07, 6.45) is 5.45. The van der Waals surface area contributed by atoms with Crippen LogP contribution in [0.5, 0.6) is 0 Å². The van der Waals surface area contributed by atoms with Crippen LogP contribution in [0.1, 0.15) is 60.3 Å². The quantitative estimate of drug-likeness (QED) is 0.565. The average molecular weight is 267 g/mol. The Bertz CT molecular complexity index is 305. The SMILES string of the molecule is BOC(C)(C)CC(C)(C)C1CCC(C)CCN1C=O. The van der Waals surface area contributed by atoms with Crippen molar-refractivity contribution in [2.24, 2.45) is 11.3 Å². The van der Waals surface area contributed by atoms with Crippen LogP contribution in [-0.2, 0) is 9.45 Å². The number of nitrogens with zero attached hydrogens (tertiary/aromatic N) is 1. The third-order valence-corrected chi connectivity index (χ3v) is 4.68. The van der Waals surface area contributed by atoms with Crippen molar-refractivity contribution < 1.29 is 9.45 Å². The zero-order valence-electron chi connectivity index (χ0n) is 13.5. The average Bonchev–Trinajstić information content (AvgIpc) is 2.50. The fraction of sp³-hybridized carbons (Fsp3) is 0.933. The van der Waals surface area contributed by atoms with Gasteiger partial charge >= 0.3 is 0 Å². The second kappa shape index (κ2) is 6.30.